The third kappa shape index (κ3) is 4.50. The molecule has 0 unspecified atom stereocenters. The molecule has 1 saturated heterocycles. The van der Waals surface area contributed by atoms with Crippen molar-refractivity contribution in [1.29, 1.82) is 0 Å². The third-order valence-corrected chi connectivity index (χ3v) is 5.32. The smallest absolute Gasteiger partial charge is 0.276 e. The topological polar surface area (TPSA) is 61.4 Å². The van der Waals surface area contributed by atoms with Crippen molar-refractivity contribution >= 4 is 17.4 Å². The number of benzene rings is 1. The summed E-state index contributed by atoms with van der Waals surface area (Å²) in [6.45, 7) is 12.4. The van der Waals surface area contributed by atoms with Gasteiger partial charge in [0, 0.05) is 31.9 Å². The van der Waals surface area contributed by atoms with Gasteiger partial charge in [-0.25, -0.2) is 0 Å². The van der Waals surface area contributed by atoms with Gasteiger partial charge in [-0.1, -0.05) is 45.9 Å². The fraction of sp³-hybridized carbons (Fsp3) is 0.500. The van der Waals surface area contributed by atoms with Crippen LogP contribution in [0.4, 0.5) is 11.5 Å². The molecule has 1 aliphatic rings. The van der Waals surface area contributed by atoms with Crippen molar-refractivity contribution < 1.29 is 4.79 Å². The van der Waals surface area contributed by atoms with Gasteiger partial charge < -0.3 is 15.1 Å². The van der Waals surface area contributed by atoms with E-state index < -0.39 is 0 Å². The lowest BCUT2D eigenvalue weighted by Crippen LogP contribution is -2.44. The molecule has 1 N–H and O–H groups in total. The highest BCUT2D eigenvalue weighted by atomic mass is 16.1. The van der Waals surface area contributed by atoms with Crippen LogP contribution < -0.4 is 10.2 Å². The normalized spacial score (nSPS) is 15.3. The summed E-state index contributed by atoms with van der Waals surface area (Å²) in [5, 5.41) is 11.6. The highest BCUT2D eigenvalue weighted by Gasteiger charge is 2.19. The number of rotatable bonds is 5. The Hall–Kier alpha value is -2.47. The highest BCUT2D eigenvalue weighted by molar-refractivity contribution is 6.03. The SMILES string of the molecule is CC(C)c1cccc(C(C)C)c1NC(=O)c1ccc(N2CCN(C)CC2)nn1. The number of aromatic nitrogens is 2. The molecule has 0 bridgehead atoms. The second-order valence-electron chi connectivity index (χ2n) is 8.14. The Morgan fingerprint density at radius 3 is 2.04 bits per heavy atom. The molecule has 1 amide bonds. The van der Waals surface area contributed by atoms with Crippen LogP contribution in [-0.4, -0.2) is 54.2 Å². The van der Waals surface area contributed by atoms with Crippen molar-refractivity contribution in [3.8, 4) is 0 Å². The molecule has 2 heterocycles. The minimum atomic E-state index is -0.215. The summed E-state index contributed by atoms with van der Waals surface area (Å²) in [6, 6.07) is 9.88. The average Bonchev–Trinajstić information content (AvgIpc) is 2.68. The van der Waals surface area contributed by atoms with Crippen molar-refractivity contribution in [2.75, 3.05) is 43.4 Å². The van der Waals surface area contributed by atoms with Gasteiger partial charge in [0.1, 0.15) is 0 Å². The molecule has 1 fully saturated rings. The number of likely N-dealkylation sites (N-methyl/N-ethyl adjacent to an activating group) is 1. The Balaban J connectivity index is 1.78. The monoisotopic (exact) mass is 381 g/mol. The maximum absolute atomic E-state index is 12.9. The molecule has 0 spiro atoms. The van der Waals surface area contributed by atoms with Gasteiger partial charge >= 0.3 is 0 Å². The first-order chi connectivity index (χ1) is 13.4. The molecule has 0 aliphatic carbocycles. The van der Waals surface area contributed by atoms with E-state index in [1.54, 1.807) is 6.07 Å². The van der Waals surface area contributed by atoms with Gasteiger partial charge in [0.2, 0.25) is 0 Å². The Labute approximate surface area is 168 Å². The van der Waals surface area contributed by atoms with Gasteiger partial charge in [0.15, 0.2) is 11.5 Å². The molecule has 0 saturated carbocycles. The van der Waals surface area contributed by atoms with Crippen LogP contribution in [0.3, 0.4) is 0 Å². The summed E-state index contributed by atoms with van der Waals surface area (Å²) in [5.41, 5.74) is 3.52. The molecular formula is C22H31N5O. The zero-order valence-corrected chi connectivity index (χ0v) is 17.6. The van der Waals surface area contributed by atoms with Gasteiger partial charge in [0.05, 0.1) is 0 Å². The van der Waals surface area contributed by atoms with Crippen molar-refractivity contribution in [1.82, 2.24) is 15.1 Å². The van der Waals surface area contributed by atoms with E-state index in [-0.39, 0.29) is 5.91 Å². The minimum Gasteiger partial charge on any atom is -0.353 e. The average molecular weight is 382 g/mol. The predicted molar refractivity (Wildman–Crippen MR) is 114 cm³/mol. The maximum atomic E-state index is 12.9. The second-order valence-corrected chi connectivity index (χ2v) is 8.14. The predicted octanol–water partition coefficient (Wildman–Crippen LogP) is 3.73. The van der Waals surface area contributed by atoms with E-state index in [4.69, 9.17) is 0 Å². The number of anilines is 2. The van der Waals surface area contributed by atoms with Crippen LogP contribution in [0.5, 0.6) is 0 Å². The Bertz CT molecular complexity index is 782. The number of para-hydroxylation sites is 1. The van der Waals surface area contributed by atoms with Crippen molar-refractivity contribution in [3.05, 3.63) is 47.2 Å². The van der Waals surface area contributed by atoms with Crippen LogP contribution in [-0.2, 0) is 0 Å². The van der Waals surface area contributed by atoms with Crippen molar-refractivity contribution in [2.45, 2.75) is 39.5 Å². The van der Waals surface area contributed by atoms with Gasteiger partial charge in [0.25, 0.3) is 5.91 Å². The largest absolute Gasteiger partial charge is 0.353 e. The van der Waals surface area contributed by atoms with E-state index >= 15 is 0 Å². The fourth-order valence-electron chi connectivity index (χ4n) is 3.52. The lowest BCUT2D eigenvalue weighted by Gasteiger charge is -2.32. The molecule has 28 heavy (non-hydrogen) atoms. The molecule has 1 aromatic heterocycles. The first-order valence-corrected chi connectivity index (χ1v) is 10.1. The van der Waals surface area contributed by atoms with E-state index in [2.05, 4.69) is 78.3 Å². The van der Waals surface area contributed by atoms with Gasteiger partial charge in [-0.05, 0) is 42.1 Å². The number of carbonyl (C=O) groups excluding carboxylic acids is 1. The Morgan fingerprint density at radius 2 is 1.54 bits per heavy atom. The molecule has 150 valence electrons. The molecule has 6 nitrogen and oxygen atoms in total. The van der Waals surface area contributed by atoms with E-state index in [1.165, 1.54) is 0 Å². The molecule has 2 aromatic rings. The first-order valence-electron chi connectivity index (χ1n) is 10.1. The summed E-state index contributed by atoms with van der Waals surface area (Å²) in [5.74, 6) is 1.25. The van der Waals surface area contributed by atoms with Gasteiger partial charge in [-0.3, -0.25) is 4.79 Å². The standard InChI is InChI=1S/C22H31N5O/c1-15(2)17-7-6-8-18(16(3)4)21(17)23-22(28)19-9-10-20(25-24-19)27-13-11-26(5)12-14-27/h6-10,15-16H,11-14H2,1-5H3,(H,23,28). The quantitative estimate of drug-likeness (QED) is 0.855. The molecule has 1 aliphatic heterocycles. The third-order valence-electron chi connectivity index (χ3n) is 5.32. The van der Waals surface area contributed by atoms with E-state index in [0.717, 1.165) is 48.8 Å². The molecule has 6 heteroatoms. The number of nitrogens with one attached hydrogen (secondary N) is 1. The first kappa shape index (κ1) is 20.3. The summed E-state index contributed by atoms with van der Waals surface area (Å²) in [7, 11) is 2.12. The lowest BCUT2D eigenvalue weighted by atomic mass is 9.92. The zero-order valence-electron chi connectivity index (χ0n) is 17.6. The van der Waals surface area contributed by atoms with E-state index in [1.807, 2.05) is 6.07 Å². The minimum absolute atomic E-state index is 0.215. The van der Waals surface area contributed by atoms with Crippen molar-refractivity contribution in [2.24, 2.45) is 0 Å². The van der Waals surface area contributed by atoms with Crippen LogP contribution >= 0.6 is 0 Å². The summed E-state index contributed by atoms with van der Waals surface area (Å²) < 4.78 is 0. The fourth-order valence-corrected chi connectivity index (χ4v) is 3.52. The molecule has 0 atom stereocenters. The summed E-state index contributed by atoms with van der Waals surface area (Å²) in [4.78, 5) is 17.4. The summed E-state index contributed by atoms with van der Waals surface area (Å²) >= 11 is 0. The molecule has 0 radical (unpaired) electrons. The number of piperazine rings is 1. The number of amides is 1. The van der Waals surface area contributed by atoms with Crippen LogP contribution in [0.25, 0.3) is 0 Å². The molecular weight excluding hydrogens is 350 g/mol. The number of hydrogen-bond donors (Lipinski definition) is 1. The van der Waals surface area contributed by atoms with E-state index in [9.17, 15) is 4.79 Å². The summed E-state index contributed by atoms with van der Waals surface area (Å²) in [6.07, 6.45) is 0. The second kappa shape index (κ2) is 8.69. The van der Waals surface area contributed by atoms with Crippen LogP contribution in [0, 0.1) is 0 Å². The number of nitrogens with zero attached hydrogens (tertiary/aromatic N) is 4. The highest BCUT2D eigenvalue weighted by Crippen LogP contribution is 2.32. The Kier molecular flexibility index (Phi) is 6.29. The van der Waals surface area contributed by atoms with E-state index in [0.29, 0.717) is 17.5 Å². The molecule has 3 rings (SSSR count). The molecule has 1 aromatic carbocycles. The van der Waals surface area contributed by atoms with Crippen molar-refractivity contribution in [3.63, 3.8) is 0 Å². The van der Waals surface area contributed by atoms with Crippen LogP contribution in [0.2, 0.25) is 0 Å². The lowest BCUT2D eigenvalue weighted by molar-refractivity contribution is 0.102. The van der Waals surface area contributed by atoms with Gasteiger partial charge in [-0.2, -0.15) is 0 Å². The van der Waals surface area contributed by atoms with Gasteiger partial charge in [-0.15, -0.1) is 10.2 Å². The zero-order chi connectivity index (χ0) is 20.3. The van der Waals surface area contributed by atoms with Crippen LogP contribution in [0.15, 0.2) is 30.3 Å². The number of carbonyl (C=O) groups is 1. The maximum Gasteiger partial charge on any atom is 0.276 e. The Morgan fingerprint density at radius 1 is 0.929 bits per heavy atom. The van der Waals surface area contributed by atoms with Crippen LogP contribution in [0.1, 0.15) is 61.1 Å². The number of hydrogen-bond acceptors (Lipinski definition) is 5.